The number of amides is 2. The number of para-hydroxylation sites is 1. The number of ether oxygens (including phenoxy) is 2. The van der Waals surface area contributed by atoms with Crippen LogP contribution in [0.2, 0.25) is 0 Å². The number of hydrogen-bond donors (Lipinski definition) is 1. The number of urea groups is 1. The molecule has 0 saturated carbocycles. The van der Waals surface area contributed by atoms with Crippen LogP contribution in [0.5, 0.6) is 11.5 Å². The van der Waals surface area contributed by atoms with Gasteiger partial charge in [-0.15, -0.1) is 0 Å². The van der Waals surface area contributed by atoms with Gasteiger partial charge in [0, 0.05) is 41.6 Å². The van der Waals surface area contributed by atoms with E-state index in [4.69, 9.17) is 9.47 Å². The fourth-order valence-electron chi connectivity index (χ4n) is 4.11. The third-order valence-corrected chi connectivity index (χ3v) is 6.34. The van der Waals surface area contributed by atoms with Crippen LogP contribution in [0.4, 0.5) is 32.3 Å². The molecule has 0 bridgehead atoms. The molecule has 1 atom stereocenters. The minimum atomic E-state index is -0.490. The van der Waals surface area contributed by atoms with Gasteiger partial charge in [-0.1, -0.05) is 6.07 Å². The normalized spacial score (nSPS) is 17.0. The topological polar surface area (TPSA) is 83.1 Å². The number of halogens is 2. The molecule has 0 radical (unpaired) electrons. The number of carbonyl (C=O) groups is 1. The van der Waals surface area contributed by atoms with Crippen molar-refractivity contribution in [1.29, 1.82) is 0 Å². The van der Waals surface area contributed by atoms with Crippen molar-refractivity contribution in [3.05, 3.63) is 58.4 Å². The summed E-state index contributed by atoms with van der Waals surface area (Å²) in [5.74, 6) is 1.62. The Labute approximate surface area is 210 Å². The molecule has 5 rings (SSSR count). The van der Waals surface area contributed by atoms with Crippen molar-refractivity contribution in [2.45, 2.75) is 12.6 Å². The summed E-state index contributed by atoms with van der Waals surface area (Å²) in [5.41, 5.74) is 1.60. The molecule has 0 aliphatic carbocycles. The van der Waals surface area contributed by atoms with Crippen LogP contribution in [0.3, 0.4) is 0 Å². The van der Waals surface area contributed by atoms with Gasteiger partial charge in [0.2, 0.25) is 5.95 Å². The van der Waals surface area contributed by atoms with E-state index in [2.05, 4.69) is 36.1 Å². The lowest BCUT2D eigenvalue weighted by molar-refractivity contribution is 0.0711. The minimum Gasteiger partial charge on any atom is -0.486 e. The summed E-state index contributed by atoms with van der Waals surface area (Å²) in [5, 5.41) is 3.16. The Balaban J connectivity index is 1.35. The molecule has 0 fully saturated rings. The van der Waals surface area contributed by atoms with Crippen molar-refractivity contribution in [1.82, 2.24) is 14.9 Å². The summed E-state index contributed by atoms with van der Waals surface area (Å²) in [4.78, 5) is 26.8. The molecule has 35 heavy (non-hydrogen) atoms. The number of hydrogen-bond acceptors (Lipinski definition) is 7. The molecule has 0 saturated heterocycles. The predicted octanol–water partition coefficient (Wildman–Crippen LogP) is 4.40. The van der Waals surface area contributed by atoms with Crippen LogP contribution in [0.25, 0.3) is 0 Å². The molecule has 1 unspecified atom stereocenters. The van der Waals surface area contributed by atoms with E-state index in [1.807, 2.05) is 32.3 Å². The quantitative estimate of drug-likeness (QED) is 0.511. The highest BCUT2D eigenvalue weighted by molar-refractivity contribution is 9.10. The van der Waals surface area contributed by atoms with E-state index in [9.17, 15) is 9.18 Å². The summed E-state index contributed by atoms with van der Waals surface area (Å²) in [7, 11) is 5.59. The lowest BCUT2D eigenvalue weighted by Crippen LogP contribution is -2.46. The van der Waals surface area contributed by atoms with Crippen molar-refractivity contribution in [3.63, 3.8) is 0 Å². The number of anilines is 4. The SMILES string of the molecule is CN(C)CC1COc2cc(Nc3ncc4c(n3)N(C)C(=O)N(c3c(F)cccc3Br)C4)ccc2O1. The summed E-state index contributed by atoms with van der Waals surface area (Å²) in [6, 6.07) is 9.74. The third-order valence-electron chi connectivity index (χ3n) is 5.70. The van der Waals surface area contributed by atoms with Gasteiger partial charge in [0.25, 0.3) is 0 Å². The van der Waals surface area contributed by atoms with Crippen LogP contribution in [-0.4, -0.2) is 61.3 Å². The monoisotopic (exact) mass is 542 g/mol. The van der Waals surface area contributed by atoms with E-state index < -0.39 is 5.82 Å². The van der Waals surface area contributed by atoms with Gasteiger partial charge < -0.3 is 19.7 Å². The number of aromatic nitrogens is 2. The zero-order chi connectivity index (χ0) is 24.7. The van der Waals surface area contributed by atoms with Gasteiger partial charge in [0.1, 0.15) is 24.3 Å². The highest BCUT2D eigenvalue weighted by atomic mass is 79.9. The van der Waals surface area contributed by atoms with Gasteiger partial charge in [-0.2, -0.15) is 4.98 Å². The average molecular weight is 543 g/mol. The highest BCUT2D eigenvalue weighted by Gasteiger charge is 2.33. The minimum absolute atomic E-state index is 0.0297. The first kappa shape index (κ1) is 23.3. The van der Waals surface area contributed by atoms with E-state index in [1.54, 1.807) is 25.4 Å². The van der Waals surface area contributed by atoms with Gasteiger partial charge in [-0.3, -0.25) is 9.80 Å². The molecule has 2 amide bonds. The summed E-state index contributed by atoms with van der Waals surface area (Å²) in [6.45, 7) is 1.38. The largest absolute Gasteiger partial charge is 0.486 e. The Morgan fingerprint density at radius 1 is 1.26 bits per heavy atom. The van der Waals surface area contributed by atoms with Crippen LogP contribution in [0.15, 0.2) is 47.1 Å². The zero-order valence-electron chi connectivity index (χ0n) is 19.5. The van der Waals surface area contributed by atoms with Crippen LogP contribution in [0, 0.1) is 5.82 Å². The Morgan fingerprint density at radius 3 is 2.86 bits per heavy atom. The Bertz CT molecular complexity index is 1270. The Hall–Kier alpha value is -3.44. The zero-order valence-corrected chi connectivity index (χ0v) is 21.0. The van der Waals surface area contributed by atoms with E-state index >= 15 is 0 Å². The molecule has 2 aliphatic rings. The molecule has 0 spiro atoms. The van der Waals surface area contributed by atoms with Crippen LogP contribution in [0.1, 0.15) is 5.56 Å². The van der Waals surface area contributed by atoms with E-state index in [0.717, 1.165) is 12.2 Å². The summed E-state index contributed by atoms with van der Waals surface area (Å²) < 4.78 is 26.9. The lowest BCUT2D eigenvalue weighted by atomic mass is 10.2. The third kappa shape index (κ3) is 4.61. The maximum absolute atomic E-state index is 14.5. The van der Waals surface area contributed by atoms with Crippen LogP contribution < -0.4 is 24.6 Å². The first-order chi connectivity index (χ1) is 16.8. The molecule has 1 aromatic heterocycles. The van der Waals surface area contributed by atoms with Crippen molar-refractivity contribution in [3.8, 4) is 11.5 Å². The number of fused-ring (bicyclic) bond motifs is 2. The molecule has 2 aromatic carbocycles. The molecule has 9 nitrogen and oxygen atoms in total. The Morgan fingerprint density at radius 2 is 2.09 bits per heavy atom. The van der Waals surface area contributed by atoms with E-state index in [1.165, 1.54) is 15.9 Å². The van der Waals surface area contributed by atoms with Gasteiger partial charge >= 0.3 is 6.03 Å². The van der Waals surface area contributed by atoms with Gasteiger partial charge in [0.05, 0.1) is 12.2 Å². The number of carbonyl (C=O) groups excluding carboxylic acids is 1. The fraction of sp³-hybridized carbons (Fsp3) is 0.292. The second kappa shape index (κ2) is 9.31. The van der Waals surface area contributed by atoms with Gasteiger partial charge in [-0.25, -0.2) is 14.2 Å². The van der Waals surface area contributed by atoms with Crippen LogP contribution >= 0.6 is 15.9 Å². The van der Waals surface area contributed by atoms with Crippen molar-refractivity contribution >= 4 is 45.1 Å². The Kier molecular flexibility index (Phi) is 6.20. The maximum Gasteiger partial charge on any atom is 0.330 e. The molecule has 2 aliphatic heterocycles. The van der Waals surface area contributed by atoms with Crippen molar-refractivity contribution in [2.75, 3.05) is 49.4 Å². The van der Waals surface area contributed by atoms with Crippen molar-refractivity contribution < 1.29 is 18.7 Å². The molecular weight excluding hydrogens is 519 g/mol. The second-order valence-electron chi connectivity index (χ2n) is 8.64. The van der Waals surface area contributed by atoms with Gasteiger partial charge in [-0.05, 0) is 54.3 Å². The van der Waals surface area contributed by atoms with Crippen molar-refractivity contribution in [2.24, 2.45) is 0 Å². The average Bonchev–Trinajstić information content (AvgIpc) is 2.82. The molecule has 3 aromatic rings. The smallest absolute Gasteiger partial charge is 0.330 e. The molecular formula is C24H24BrFN6O3. The fourth-order valence-corrected chi connectivity index (χ4v) is 4.67. The summed E-state index contributed by atoms with van der Waals surface area (Å²) in [6.07, 6.45) is 1.61. The predicted molar refractivity (Wildman–Crippen MR) is 134 cm³/mol. The number of nitrogens with one attached hydrogen (secondary N) is 1. The lowest BCUT2D eigenvalue weighted by Gasteiger charge is -2.34. The number of nitrogens with zero attached hydrogens (tertiary/aromatic N) is 5. The summed E-state index contributed by atoms with van der Waals surface area (Å²) >= 11 is 3.34. The van der Waals surface area contributed by atoms with Crippen LogP contribution in [-0.2, 0) is 6.54 Å². The highest BCUT2D eigenvalue weighted by Crippen LogP contribution is 2.37. The standard InChI is InChI=1S/C24H24BrFN6O3/c1-30(2)12-16-13-34-20-9-15(7-8-19(20)35-16)28-23-27-10-14-11-32(24(33)31(3)22(14)29-23)21-17(25)5-4-6-18(21)26/h4-10,16H,11-13H2,1-3H3,(H,27,28,29). The first-order valence-corrected chi connectivity index (χ1v) is 11.8. The molecule has 11 heteroatoms. The molecule has 182 valence electrons. The maximum atomic E-state index is 14.5. The number of rotatable bonds is 5. The molecule has 3 heterocycles. The van der Waals surface area contributed by atoms with E-state index in [0.29, 0.717) is 39.9 Å². The first-order valence-electron chi connectivity index (χ1n) is 11.0. The van der Waals surface area contributed by atoms with E-state index in [-0.39, 0.29) is 24.4 Å². The number of benzene rings is 2. The van der Waals surface area contributed by atoms with Gasteiger partial charge in [0.15, 0.2) is 11.5 Å². The molecule has 1 N–H and O–H groups in total. The second-order valence-corrected chi connectivity index (χ2v) is 9.49. The number of likely N-dealkylation sites (N-methyl/N-ethyl adjacent to an activating group) is 1.